The summed E-state index contributed by atoms with van der Waals surface area (Å²) in [7, 11) is 0. The molecule has 3 aromatic rings. The second-order valence-electron chi connectivity index (χ2n) is 8.86. The van der Waals surface area contributed by atoms with Gasteiger partial charge in [-0.25, -0.2) is 0 Å². The second-order valence-corrected chi connectivity index (χ2v) is 8.86. The van der Waals surface area contributed by atoms with Crippen LogP contribution in [-0.4, -0.2) is 26.0 Å². The summed E-state index contributed by atoms with van der Waals surface area (Å²) in [6.07, 6.45) is 1.46. The molecule has 0 amide bonds. The fraction of sp³-hybridized carbons (Fsp3) is 0.417. The molecule has 0 saturated heterocycles. The lowest BCUT2D eigenvalue weighted by Gasteiger charge is -2.21. The third-order valence-corrected chi connectivity index (χ3v) is 5.48. The molecular formula is C24H30N4O. The number of tetrazole rings is 1. The molecule has 0 aliphatic carbocycles. The summed E-state index contributed by atoms with van der Waals surface area (Å²) in [5, 5.41) is 12.2. The van der Waals surface area contributed by atoms with Crippen LogP contribution in [0.5, 0.6) is 0 Å². The number of carbonyl (C=O) groups is 1. The fourth-order valence-corrected chi connectivity index (χ4v) is 3.21. The van der Waals surface area contributed by atoms with Gasteiger partial charge in [0.2, 0.25) is 0 Å². The van der Waals surface area contributed by atoms with Crippen LogP contribution in [0.3, 0.4) is 0 Å². The van der Waals surface area contributed by atoms with E-state index in [1.165, 1.54) is 5.56 Å². The third kappa shape index (κ3) is 4.78. The van der Waals surface area contributed by atoms with Gasteiger partial charge in [0.25, 0.3) is 0 Å². The average molecular weight is 391 g/mol. The van der Waals surface area contributed by atoms with Crippen molar-refractivity contribution in [2.24, 2.45) is 5.41 Å². The molecule has 0 saturated carbocycles. The average Bonchev–Trinajstić information content (AvgIpc) is 3.18. The Kier molecular flexibility index (Phi) is 5.96. The molecule has 0 spiro atoms. The lowest BCUT2D eigenvalue weighted by Crippen LogP contribution is -2.16. The van der Waals surface area contributed by atoms with Crippen LogP contribution >= 0.6 is 0 Å². The van der Waals surface area contributed by atoms with E-state index in [4.69, 9.17) is 0 Å². The van der Waals surface area contributed by atoms with Crippen LogP contribution in [0.2, 0.25) is 0 Å². The number of ketones is 1. The number of carbonyl (C=O) groups excluding carboxylic acids is 1. The van der Waals surface area contributed by atoms with E-state index in [-0.39, 0.29) is 17.1 Å². The molecule has 0 radical (unpaired) electrons. The third-order valence-electron chi connectivity index (χ3n) is 5.48. The highest BCUT2D eigenvalue weighted by Gasteiger charge is 2.22. The summed E-state index contributed by atoms with van der Waals surface area (Å²) in [5.41, 5.74) is 4.74. The van der Waals surface area contributed by atoms with Gasteiger partial charge in [-0.3, -0.25) is 4.79 Å². The van der Waals surface area contributed by atoms with Crippen molar-refractivity contribution in [3.8, 4) is 16.8 Å². The molecule has 0 bridgehead atoms. The van der Waals surface area contributed by atoms with E-state index < -0.39 is 0 Å². The number of aromatic nitrogens is 4. The van der Waals surface area contributed by atoms with Crippen LogP contribution < -0.4 is 0 Å². The zero-order valence-corrected chi connectivity index (χ0v) is 18.2. The Morgan fingerprint density at radius 2 is 1.76 bits per heavy atom. The van der Waals surface area contributed by atoms with E-state index in [9.17, 15) is 4.79 Å². The Hall–Kier alpha value is -2.82. The molecule has 0 aliphatic heterocycles. The molecule has 152 valence electrons. The summed E-state index contributed by atoms with van der Waals surface area (Å²) in [4.78, 5) is 13.1. The minimum Gasteiger partial charge on any atom is -0.294 e. The Morgan fingerprint density at radius 3 is 2.38 bits per heavy atom. The molecule has 5 nitrogen and oxygen atoms in total. The topological polar surface area (TPSA) is 60.7 Å². The molecule has 0 aliphatic rings. The number of hydrogen-bond acceptors (Lipinski definition) is 4. The van der Waals surface area contributed by atoms with Gasteiger partial charge in [0.15, 0.2) is 11.6 Å². The maximum Gasteiger partial charge on any atom is 0.163 e. The first-order chi connectivity index (χ1) is 13.7. The first-order valence-electron chi connectivity index (χ1n) is 10.2. The molecule has 0 atom stereocenters. The van der Waals surface area contributed by atoms with Gasteiger partial charge in [-0.2, -0.15) is 4.68 Å². The Balaban J connectivity index is 2.13. The number of hydrogen-bond donors (Lipinski definition) is 0. The van der Waals surface area contributed by atoms with E-state index in [0.29, 0.717) is 12.0 Å². The highest BCUT2D eigenvalue weighted by atomic mass is 16.1. The van der Waals surface area contributed by atoms with Crippen LogP contribution in [-0.2, 0) is 0 Å². The zero-order chi connectivity index (χ0) is 21.2. The highest BCUT2D eigenvalue weighted by molar-refractivity contribution is 5.98. The first kappa shape index (κ1) is 20.9. The first-order valence-corrected chi connectivity index (χ1v) is 10.2. The van der Waals surface area contributed by atoms with Crippen LogP contribution in [0.4, 0.5) is 0 Å². The van der Waals surface area contributed by atoms with Crippen LogP contribution in [0.15, 0.2) is 42.5 Å². The Morgan fingerprint density at radius 1 is 1.07 bits per heavy atom. The van der Waals surface area contributed by atoms with Crippen LogP contribution in [0, 0.1) is 12.3 Å². The zero-order valence-electron chi connectivity index (χ0n) is 18.2. The van der Waals surface area contributed by atoms with Gasteiger partial charge >= 0.3 is 0 Å². The minimum absolute atomic E-state index is 0.0327. The molecule has 2 aromatic carbocycles. The smallest absolute Gasteiger partial charge is 0.163 e. The van der Waals surface area contributed by atoms with Gasteiger partial charge in [0, 0.05) is 17.9 Å². The monoisotopic (exact) mass is 390 g/mol. The summed E-state index contributed by atoms with van der Waals surface area (Å²) in [5.74, 6) is 1.09. The normalized spacial score (nSPS) is 11.8. The molecule has 1 aromatic heterocycles. The number of rotatable bonds is 7. The van der Waals surface area contributed by atoms with Gasteiger partial charge in [0.05, 0.1) is 5.69 Å². The number of benzene rings is 2. The van der Waals surface area contributed by atoms with E-state index in [1.807, 2.05) is 12.1 Å². The predicted octanol–water partition coefficient (Wildman–Crippen LogP) is 5.77. The lowest BCUT2D eigenvalue weighted by atomic mass is 9.83. The maximum absolute atomic E-state index is 13.1. The van der Waals surface area contributed by atoms with Gasteiger partial charge in [0.1, 0.15) is 0 Å². The molecular weight excluding hydrogens is 360 g/mol. The van der Waals surface area contributed by atoms with E-state index in [2.05, 4.69) is 87.4 Å². The molecule has 3 rings (SSSR count). The standard InChI is InChI=1S/C24H30N4O/c1-7-24(5,6)15-22(29)20-12-19(18-10-8-17(4)9-11-18)13-21(14-20)28-23(16(2)3)25-26-27-28/h8-14,16H,7,15H2,1-6H3. The summed E-state index contributed by atoms with van der Waals surface area (Å²) < 4.78 is 1.74. The van der Waals surface area contributed by atoms with Gasteiger partial charge in [-0.1, -0.05) is 70.9 Å². The molecule has 29 heavy (non-hydrogen) atoms. The lowest BCUT2D eigenvalue weighted by molar-refractivity contribution is 0.0928. The van der Waals surface area contributed by atoms with Crippen LogP contribution in [0.25, 0.3) is 16.8 Å². The second kappa shape index (κ2) is 8.27. The predicted molar refractivity (Wildman–Crippen MR) is 116 cm³/mol. The molecule has 5 heteroatoms. The van der Waals surface area contributed by atoms with E-state index in [1.54, 1.807) is 4.68 Å². The quantitative estimate of drug-likeness (QED) is 0.481. The largest absolute Gasteiger partial charge is 0.294 e. The summed E-state index contributed by atoms with van der Waals surface area (Å²) in [6.45, 7) is 12.6. The number of nitrogens with zero attached hydrogens (tertiary/aromatic N) is 4. The molecule has 0 unspecified atom stereocenters. The fourth-order valence-electron chi connectivity index (χ4n) is 3.21. The number of aryl methyl sites for hydroxylation is 1. The van der Waals surface area contributed by atoms with Crippen molar-refractivity contribution in [3.05, 3.63) is 59.4 Å². The van der Waals surface area contributed by atoms with Gasteiger partial charge in [-0.15, -0.1) is 5.10 Å². The minimum atomic E-state index is -0.0327. The van der Waals surface area contributed by atoms with E-state index >= 15 is 0 Å². The van der Waals surface area contributed by atoms with Crippen molar-refractivity contribution in [1.29, 1.82) is 0 Å². The van der Waals surface area contributed by atoms with Crippen molar-refractivity contribution in [3.63, 3.8) is 0 Å². The molecule has 0 N–H and O–H groups in total. The van der Waals surface area contributed by atoms with Gasteiger partial charge < -0.3 is 0 Å². The molecule has 0 fully saturated rings. The van der Waals surface area contributed by atoms with Crippen molar-refractivity contribution < 1.29 is 4.79 Å². The Labute approximate surface area is 173 Å². The van der Waals surface area contributed by atoms with Crippen molar-refractivity contribution >= 4 is 5.78 Å². The SMILES string of the molecule is CCC(C)(C)CC(=O)c1cc(-c2ccc(C)cc2)cc(-n2nnnc2C(C)C)c1. The van der Waals surface area contributed by atoms with Crippen molar-refractivity contribution in [2.75, 3.05) is 0 Å². The molecule has 1 heterocycles. The number of Topliss-reactive ketones (excluding diaryl/α,β-unsaturated/α-hetero) is 1. The summed E-state index contributed by atoms with van der Waals surface area (Å²) >= 11 is 0. The Bertz CT molecular complexity index is 1000. The van der Waals surface area contributed by atoms with E-state index in [0.717, 1.165) is 29.1 Å². The summed E-state index contributed by atoms with van der Waals surface area (Å²) in [6, 6.07) is 14.3. The highest BCUT2D eigenvalue weighted by Crippen LogP contribution is 2.30. The van der Waals surface area contributed by atoms with Crippen molar-refractivity contribution in [1.82, 2.24) is 20.2 Å². The van der Waals surface area contributed by atoms with Gasteiger partial charge in [-0.05, 0) is 52.1 Å². The van der Waals surface area contributed by atoms with Crippen LogP contribution in [0.1, 0.15) is 75.1 Å². The maximum atomic E-state index is 13.1. The van der Waals surface area contributed by atoms with Crippen molar-refractivity contribution in [2.45, 2.75) is 60.3 Å².